The predicted molar refractivity (Wildman–Crippen MR) is 135 cm³/mol. The van der Waals surface area contributed by atoms with Crippen molar-refractivity contribution in [3.8, 4) is 16.9 Å². The molecule has 0 unspecified atom stereocenters. The van der Waals surface area contributed by atoms with Crippen molar-refractivity contribution in [2.45, 2.75) is 25.3 Å². The lowest BCUT2D eigenvalue weighted by atomic mass is 10.0. The zero-order valence-electron chi connectivity index (χ0n) is 18.7. The molecule has 160 valence electrons. The van der Waals surface area contributed by atoms with Crippen molar-refractivity contribution in [3.63, 3.8) is 0 Å². The Morgan fingerprint density at radius 2 is 1.75 bits per heavy atom. The second-order valence-corrected chi connectivity index (χ2v) is 8.87. The molecule has 0 spiro atoms. The van der Waals surface area contributed by atoms with Crippen LogP contribution in [0.4, 0.5) is 5.69 Å². The lowest BCUT2D eigenvalue weighted by Gasteiger charge is -2.18. The van der Waals surface area contributed by atoms with Crippen LogP contribution in [0, 0.1) is 0 Å². The number of anilines is 1. The molecule has 0 saturated heterocycles. The average Bonchev–Trinajstić information content (AvgIpc) is 3.20. The molecule has 1 aromatic heterocycles. The van der Waals surface area contributed by atoms with E-state index >= 15 is 0 Å². The molecule has 0 amide bonds. The van der Waals surface area contributed by atoms with E-state index in [9.17, 15) is 0 Å². The molecule has 0 aliphatic carbocycles. The molecule has 3 aromatic carbocycles. The highest BCUT2D eigenvalue weighted by molar-refractivity contribution is 8.03. The number of nitrogens with zero attached hydrogens (tertiary/aromatic N) is 2. The Hall–Kier alpha value is -3.24. The molecule has 0 bridgehead atoms. The van der Waals surface area contributed by atoms with E-state index in [2.05, 4.69) is 102 Å². The largest absolute Gasteiger partial charge is 0.497 e. The minimum Gasteiger partial charge on any atom is -0.497 e. The van der Waals surface area contributed by atoms with Crippen LogP contribution in [0.3, 0.4) is 0 Å². The Balaban J connectivity index is 1.55. The fourth-order valence-electron chi connectivity index (χ4n) is 4.39. The number of benzene rings is 3. The van der Waals surface area contributed by atoms with Crippen molar-refractivity contribution in [1.82, 2.24) is 0 Å². The summed E-state index contributed by atoms with van der Waals surface area (Å²) in [6, 6.07) is 28.1. The fraction of sp³-hybridized carbons (Fsp3) is 0.179. The van der Waals surface area contributed by atoms with E-state index in [0.29, 0.717) is 0 Å². The number of aromatic nitrogens is 1. The van der Waals surface area contributed by atoms with Gasteiger partial charge in [0.25, 0.3) is 0 Å². The summed E-state index contributed by atoms with van der Waals surface area (Å²) in [7, 11) is 1.71. The summed E-state index contributed by atoms with van der Waals surface area (Å²) in [5, 5.41) is 2.46. The molecular weight excluding hydrogens is 412 g/mol. The van der Waals surface area contributed by atoms with Gasteiger partial charge in [0.2, 0.25) is 11.2 Å². The second-order valence-electron chi connectivity index (χ2n) is 7.80. The van der Waals surface area contributed by atoms with Gasteiger partial charge in [0, 0.05) is 29.6 Å². The van der Waals surface area contributed by atoms with Gasteiger partial charge in [-0.15, -0.1) is 0 Å². The number of rotatable bonds is 5. The zero-order valence-corrected chi connectivity index (χ0v) is 19.5. The lowest BCUT2D eigenvalue weighted by Crippen LogP contribution is -2.37. The van der Waals surface area contributed by atoms with Crippen LogP contribution in [-0.4, -0.2) is 13.7 Å². The maximum absolute atomic E-state index is 5.41. The van der Waals surface area contributed by atoms with Gasteiger partial charge in [0.1, 0.15) is 12.3 Å². The Morgan fingerprint density at radius 3 is 2.50 bits per heavy atom. The van der Waals surface area contributed by atoms with Crippen molar-refractivity contribution >= 4 is 34.4 Å². The molecule has 0 atom stereocenters. The minimum atomic E-state index is 0.888. The molecule has 0 fully saturated rings. The van der Waals surface area contributed by atoms with Gasteiger partial charge in [-0.25, -0.2) is 0 Å². The first-order chi connectivity index (χ1) is 15.7. The van der Waals surface area contributed by atoms with Crippen LogP contribution in [0.1, 0.15) is 19.5 Å². The van der Waals surface area contributed by atoms with Gasteiger partial charge in [0.15, 0.2) is 0 Å². The number of pyridine rings is 1. The highest BCUT2D eigenvalue weighted by Gasteiger charge is 2.26. The third-order valence-corrected chi connectivity index (χ3v) is 7.12. The highest BCUT2D eigenvalue weighted by Crippen LogP contribution is 2.47. The van der Waals surface area contributed by atoms with Crippen molar-refractivity contribution in [2.75, 3.05) is 18.6 Å². The van der Waals surface area contributed by atoms with E-state index in [1.807, 2.05) is 17.8 Å². The van der Waals surface area contributed by atoms with Gasteiger partial charge in [-0.1, -0.05) is 48.2 Å². The Labute approximate surface area is 194 Å². The van der Waals surface area contributed by atoms with Gasteiger partial charge in [0.05, 0.1) is 23.2 Å². The third-order valence-electron chi connectivity index (χ3n) is 6.01. The Bertz CT molecular complexity index is 1310. The molecule has 0 saturated carbocycles. The number of hydrogen-bond donors (Lipinski definition) is 0. The Kier molecular flexibility index (Phi) is 5.62. The van der Waals surface area contributed by atoms with E-state index in [1.54, 1.807) is 7.11 Å². The summed E-state index contributed by atoms with van der Waals surface area (Å²) in [4.78, 5) is 3.73. The van der Waals surface area contributed by atoms with Crippen LogP contribution in [0.25, 0.3) is 28.1 Å². The van der Waals surface area contributed by atoms with Crippen molar-refractivity contribution < 1.29 is 9.30 Å². The number of thioether (sulfide) groups is 1. The zero-order chi connectivity index (χ0) is 22.1. The molecule has 0 radical (unpaired) electrons. The standard InChI is InChI=1S/C28H27N2OS/c1-4-29-23(13-11-22-17-24(31-3)14-15-25(22)29)19-28-30(5-2)26-18-21(12-16-27(26)32-28)20-9-7-6-8-10-20/h6-19H,4-5H2,1-3H3/q+1. The average molecular weight is 440 g/mol. The summed E-state index contributed by atoms with van der Waals surface area (Å²) in [5.41, 5.74) is 6.23. The first-order valence-corrected chi connectivity index (χ1v) is 11.9. The monoisotopic (exact) mass is 439 g/mol. The van der Waals surface area contributed by atoms with Gasteiger partial charge in [-0.3, -0.25) is 0 Å². The molecule has 4 heteroatoms. The van der Waals surface area contributed by atoms with Gasteiger partial charge in [-0.2, -0.15) is 4.57 Å². The smallest absolute Gasteiger partial charge is 0.213 e. The summed E-state index contributed by atoms with van der Waals surface area (Å²) in [5.74, 6) is 0.888. The number of ether oxygens (including phenoxy) is 1. The molecule has 32 heavy (non-hydrogen) atoms. The van der Waals surface area contributed by atoms with Crippen LogP contribution >= 0.6 is 11.8 Å². The van der Waals surface area contributed by atoms with Crippen molar-refractivity contribution in [2.24, 2.45) is 0 Å². The quantitative estimate of drug-likeness (QED) is 0.320. The fourth-order valence-corrected chi connectivity index (χ4v) is 5.55. The van der Waals surface area contributed by atoms with Gasteiger partial charge < -0.3 is 9.64 Å². The molecule has 1 aliphatic heterocycles. The molecule has 2 heterocycles. The molecule has 1 aliphatic rings. The molecule has 4 aromatic rings. The summed E-state index contributed by atoms with van der Waals surface area (Å²) < 4.78 is 7.78. The number of aryl methyl sites for hydroxylation is 1. The van der Waals surface area contributed by atoms with Crippen LogP contribution in [0.15, 0.2) is 88.8 Å². The van der Waals surface area contributed by atoms with E-state index in [-0.39, 0.29) is 0 Å². The first kappa shape index (κ1) is 20.7. The normalized spacial score (nSPS) is 14.2. The predicted octanol–water partition coefficient (Wildman–Crippen LogP) is 6.75. The van der Waals surface area contributed by atoms with Crippen LogP contribution in [0.2, 0.25) is 0 Å². The van der Waals surface area contributed by atoms with Crippen molar-refractivity contribution in [1.29, 1.82) is 0 Å². The summed E-state index contributed by atoms with van der Waals surface area (Å²) in [6.07, 6.45) is 2.32. The van der Waals surface area contributed by atoms with Gasteiger partial charge in [-0.05, 0) is 55.3 Å². The van der Waals surface area contributed by atoms with E-state index in [1.165, 1.54) is 43.3 Å². The Morgan fingerprint density at radius 1 is 0.906 bits per heavy atom. The number of methoxy groups -OCH3 is 1. The summed E-state index contributed by atoms with van der Waals surface area (Å²) in [6.45, 7) is 6.26. The SMILES string of the molecule is CCN1/C(=C/c2ccc3cc(OC)ccc3[n+]2CC)Sc2ccc(-c3ccccc3)cc21. The highest BCUT2D eigenvalue weighted by atomic mass is 32.2. The maximum Gasteiger partial charge on any atom is 0.213 e. The number of hydrogen-bond acceptors (Lipinski definition) is 3. The molecular formula is C28H27N2OS+. The van der Waals surface area contributed by atoms with E-state index < -0.39 is 0 Å². The van der Waals surface area contributed by atoms with Crippen LogP contribution in [0.5, 0.6) is 5.75 Å². The molecule has 3 nitrogen and oxygen atoms in total. The van der Waals surface area contributed by atoms with Crippen molar-refractivity contribution in [3.05, 3.63) is 89.6 Å². The number of fused-ring (bicyclic) bond motifs is 2. The molecule has 0 N–H and O–H groups in total. The first-order valence-electron chi connectivity index (χ1n) is 11.1. The second kappa shape index (κ2) is 8.71. The minimum absolute atomic E-state index is 0.888. The van der Waals surface area contributed by atoms with Crippen LogP contribution in [-0.2, 0) is 6.54 Å². The van der Waals surface area contributed by atoms with Crippen LogP contribution < -0.4 is 14.2 Å². The maximum atomic E-state index is 5.41. The third kappa shape index (κ3) is 3.65. The summed E-state index contributed by atoms with van der Waals surface area (Å²) >= 11 is 1.85. The lowest BCUT2D eigenvalue weighted by molar-refractivity contribution is -0.669. The van der Waals surface area contributed by atoms with E-state index in [0.717, 1.165) is 18.8 Å². The molecule has 5 rings (SSSR count). The van der Waals surface area contributed by atoms with E-state index in [4.69, 9.17) is 4.74 Å². The topological polar surface area (TPSA) is 16.4 Å². The van der Waals surface area contributed by atoms with Gasteiger partial charge >= 0.3 is 0 Å².